The largest absolute Gasteiger partial charge is 0.369 e. The average Bonchev–Trinajstić information content (AvgIpc) is 2.84. The highest BCUT2D eigenvalue weighted by Gasteiger charge is 2.52. The summed E-state index contributed by atoms with van der Waals surface area (Å²) < 4.78 is 62.2. The summed E-state index contributed by atoms with van der Waals surface area (Å²) in [5.74, 6) is -5.72. The Labute approximate surface area is 242 Å². The summed E-state index contributed by atoms with van der Waals surface area (Å²) in [6, 6.07) is 2.78. The number of aromatic nitrogens is 1. The lowest BCUT2D eigenvalue weighted by molar-refractivity contribution is -0.123. The van der Waals surface area contributed by atoms with E-state index in [0.717, 1.165) is 23.5 Å². The third kappa shape index (κ3) is 5.68. The van der Waals surface area contributed by atoms with Gasteiger partial charge >= 0.3 is 0 Å². The zero-order chi connectivity index (χ0) is 27.9. The van der Waals surface area contributed by atoms with Crippen LogP contribution < -0.4 is 16.4 Å². The lowest BCUT2D eigenvalue weighted by Gasteiger charge is -2.41. The summed E-state index contributed by atoms with van der Waals surface area (Å²) in [5, 5.41) is 0. The lowest BCUT2D eigenvalue weighted by Crippen LogP contribution is -2.51. The minimum absolute atomic E-state index is 0. The van der Waals surface area contributed by atoms with Crippen LogP contribution in [0.4, 0.5) is 23.2 Å². The highest BCUT2D eigenvalue weighted by Crippen LogP contribution is 2.48. The van der Waals surface area contributed by atoms with Crippen molar-refractivity contribution in [3.63, 3.8) is 0 Å². The fraction of sp³-hybridized carbons (Fsp3) is 0.370. The van der Waals surface area contributed by atoms with Crippen LogP contribution in [0.5, 0.6) is 0 Å². The number of rotatable bonds is 5. The minimum atomic E-state index is -2.62. The molecule has 2 aromatic rings. The van der Waals surface area contributed by atoms with Gasteiger partial charge in [0.1, 0.15) is 22.9 Å². The number of nitrogens with two attached hydrogens (primary N) is 2. The van der Waals surface area contributed by atoms with Crippen LogP contribution in [0.2, 0.25) is 0 Å². The van der Waals surface area contributed by atoms with Gasteiger partial charge in [0.25, 0.3) is 5.91 Å². The molecule has 0 saturated carbocycles. The molecule has 1 aromatic carbocycles. The van der Waals surface area contributed by atoms with Gasteiger partial charge in [0.05, 0.1) is 5.56 Å². The van der Waals surface area contributed by atoms with Gasteiger partial charge in [0, 0.05) is 68.0 Å². The molecular formula is C27H31Cl2F4N5O2. The van der Waals surface area contributed by atoms with Crippen molar-refractivity contribution in [3.05, 3.63) is 76.9 Å². The standard InChI is InChI=1S/C27H29F4N5O2.2ClH/c1-14-8-16(32)13-36(12-14)21-5-7-34-11-17(21)27(26(33)38)6-4-18(28)23(24(27)31)22-19(29)9-15(10-20(22)30)25(37)35(2)3;;/h4-7,9-11,14,16,24H,8,12-13,32H2,1-3H3,(H2,33,38);2*1H/t14-,16+,24?,27?;;/m1../s1. The Morgan fingerprint density at radius 1 is 1.12 bits per heavy atom. The van der Waals surface area contributed by atoms with Crippen molar-refractivity contribution in [2.45, 2.75) is 31.0 Å². The number of alkyl halides is 1. The van der Waals surface area contributed by atoms with Gasteiger partial charge in [0.15, 0.2) is 6.17 Å². The molecule has 1 aliphatic heterocycles. The van der Waals surface area contributed by atoms with Crippen LogP contribution in [0.3, 0.4) is 0 Å². The first-order valence-electron chi connectivity index (χ1n) is 12.1. The number of nitrogens with zero attached hydrogens (tertiary/aromatic N) is 3. The number of hydrogen-bond acceptors (Lipinski definition) is 5. The summed E-state index contributed by atoms with van der Waals surface area (Å²) in [5.41, 5.74) is 7.64. The van der Waals surface area contributed by atoms with Crippen molar-refractivity contribution in [2.24, 2.45) is 17.4 Å². The van der Waals surface area contributed by atoms with Gasteiger partial charge in [-0.05, 0) is 36.6 Å². The second-order valence-corrected chi connectivity index (χ2v) is 10.1. The molecule has 0 radical (unpaired) electrons. The van der Waals surface area contributed by atoms with Gasteiger partial charge < -0.3 is 21.3 Å². The molecule has 1 saturated heterocycles. The quantitative estimate of drug-likeness (QED) is 0.501. The normalized spacial score (nSPS) is 24.2. The van der Waals surface area contributed by atoms with Crippen LogP contribution >= 0.6 is 24.8 Å². The Balaban J connectivity index is 0.00000280. The number of hydrogen-bond donors (Lipinski definition) is 2. The number of carbonyl (C=O) groups excluding carboxylic acids is 2. The zero-order valence-corrected chi connectivity index (χ0v) is 23.7. The molecule has 2 aliphatic rings. The molecule has 7 nitrogen and oxygen atoms in total. The average molecular weight is 604 g/mol. The SMILES string of the molecule is C[C@@H]1C[C@H](N)CN(c2ccncc2C2(C(N)=O)C=CC(F)=C(c3c(F)cc(C(=O)N(C)C)cc3F)C2F)C1.Cl.Cl. The Bertz CT molecular complexity index is 1320. The maximum atomic E-state index is 16.6. The molecule has 0 spiro atoms. The Hall–Kier alpha value is -3.15. The van der Waals surface area contributed by atoms with Gasteiger partial charge in [-0.2, -0.15) is 0 Å². The summed E-state index contributed by atoms with van der Waals surface area (Å²) in [6.07, 6.45) is 2.58. The number of allylic oxidation sites excluding steroid dienone is 3. The molecule has 4 N–H and O–H groups in total. The second kappa shape index (κ2) is 12.6. The van der Waals surface area contributed by atoms with Crippen molar-refractivity contribution in [1.82, 2.24) is 9.88 Å². The van der Waals surface area contributed by atoms with Gasteiger partial charge in [-0.1, -0.05) is 13.0 Å². The number of pyridine rings is 1. The number of piperidine rings is 1. The van der Waals surface area contributed by atoms with E-state index in [-0.39, 0.29) is 47.9 Å². The van der Waals surface area contributed by atoms with Crippen LogP contribution in [-0.4, -0.2) is 61.1 Å². The third-order valence-corrected chi connectivity index (χ3v) is 7.05. The van der Waals surface area contributed by atoms with E-state index in [1.54, 1.807) is 6.07 Å². The monoisotopic (exact) mass is 603 g/mol. The number of halogens is 6. The first kappa shape index (κ1) is 33.1. The molecule has 40 heavy (non-hydrogen) atoms. The summed E-state index contributed by atoms with van der Waals surface area (Å²) >= 11 is 0. The predicted molar refractivity (Wildman–Crippen MR) is 150 cm³/mol. The molecule has 13 heteroatoms. The number of carbonyl (C=O) groups is 2. The number of benzene rings is 1. The first-order valence-corrected chi connectivity index (χ1v) is 12.1. The highest BCUT2D eigenvalue weighted by atomic mass is 35.5. The van der Waals surface area contributed by atoms with Crippen LogP contribution in [0.25, 0.3) is 5.57 Å². The van der Waals surface area contributed by atoms with Crippen LogP contribution in [-0.2, 0) is 10.2 Å². The summed E-state index contributed by atoms with van der Waals surface area (Å²) in [7, 11) is 2.78. The van der Waals surface area contributed by atoms with Gasteiger partial charge in [-0.15, -0.1) is 24.8 Å². The molecule has 1 aliphatic carbocycles. The molecule has 4 rings (SSSR count). The summed E-state index contributed by atoms with van der Waals surface area (Å²) in [4.78, 5) is 32.2. The minimum Gasteiger partial charge on any atom is -0.369 e. The molecule has 0 bridgehead atoms. The van der Waals surface area contributed by atoms with Crippen LogP contribution in [0.15, 0.2) is 48.6 Å². The van der Waals surface area contributed by atoms with E-state index < -0.39 is 52.0 Å². The molecule has 4 atom stereocenters. The molecule has 218 valence electrons. The summed E-state index contributed by atoms with van der Waals surface area (Å²) in [6.45, 7) is 2.95. The molecule has 2 amide bonds. The van der Waals surface area contributed by atoms with E-state index in [1.165, 1.54) is 26.5 Å². The molecule has 2 heterocycles. The van der Waals surface area contributed by atoms with E-state index in [9.17, 15) is 9.59 Å². The van der Waals surface area contributed by atoms with E-state index >= 15 is 17.6 Å². The van der Waals surface area contributed by atoms with E-state index in [0.29, 0.717) is 30.9 Å². The van der Waals surface area contributed by atoms with E-state index in [4.69, 9.17) is 11.5 Å². The lowest BCUT2D eigenvalue weighted by atomic mass is 9.69. The first-order chi connectivity index (χ1) is 17.9. The zero-order valence-electron chi connectivity index (χ0n) is 22.0. The third-order valence-electron chi connectivity index (χ3n) is 7.05. The van der Waals surface area contributed by atoms with Crippen molar-refractivity contribution in [2.75, 3.05) is 32.1 Å². The topological polar surface area (TPSA) is 106 Å². The van der Waals surface area contributed by atoms with Crippen LogP contribution in [0.1, 0.15) is 34.8 Å². The van der Waals surface area contributed by atoms with Crippen molar-refractivity contribution >= 4 is 47.9 Å². The molecular weight excluding hydrogens is 573 g/mol. The number of anilines is 1. The molecule has 1 fully saturated rings. The van der Waals surface area contributed by atoms with Crippen LogP contribution in [0, 0.1) is 17.6 Å². The second-order valence-electron chi connectivity index (χ2n) is 10.1. The molecule has 1 aromatic heterocycles. The van der Waals surface area contributed by atoms with Crippen molar-refractivity contribution in [1.29, 1.82) is 0 Å². The Morgan fingerprint density at radius 2 is 1.75 bits per heavy atom. The Morgan fingerprint density at radius 3 is 2.30 bits per heavy atom. The van der Waals surface area contributed by atoms with Gasteiger partial charge in [-0.3, -0.25) is 14.6 Å². The predicted octanol–water partition coefficient (Wildman–Crippen LogP) is 4.09. The fourth-order valence-electron chi connectivity index (χ4n) is 5.33. The Kier molecular flexibility index (Phi) is 10.4. The van der Waals surface area contributed by atoms with Crippen molar-refractivity contribution < 1.29 is 27.2 Å². The van der Waals surface area contributed by atoms with Crippen molar-refractivity contribution in [3.8, 4) is 0 Å². The van der Waals surface area contributed by atoms with E-state index in [2.05, 4.69) is 4.98 Å². The van der Waals surface area contributed by atoms with Gasteiger partial charge in [-0.25, -0.2) is 17.6 Å². The number of amides is 2. The smallest absolute Gasteiger partial charge is 0.253 e. The van der Waals surface area contributed by atoms with E-state index in [1.807, 2.05) is 11.8 Å². The van der Waals surface area contributed by atoms with Gasteiger partial charge in [0.2, 0.25) is 5.91 Å². The number of primary amides is 1. The fourth-order valence-corrected chi connectivity index (χ4v) is 5.33. The maximum absolute atomic E-state index is 16.6. The highest BCUT2D eigenvalue weighted by molar-refractivity contribution is 5.98. The maximum Gasteiger partial charge on any atom is 0.253 e. The molecule has 2 unspecified atom stereocenters.